The Balaban J connectivity index is 2.14. The maximum atomic E-state index is 11.3. The Morgan fingerprint density at radius 2 is 2.09 bits per heavy atom. The molecule has 0 spiro atoms. The van der Waals surface area contributed by atoms with Crippen LogP contribution in [0, 0.1) is 11.3 Å². The Kier molecular flexibility index (Phi) is 5.56. The van der Waals surface area contributed by atoms with E-state index in [0.29, 0.717) is 12.2 Å². The second-order valence-corrected chi connectivity index (χ2v) is 5.26. The second-order valence-electron chi connectivity index (χ2n) is 5.26. The summed E-state index contributed by atoms with van der Waals surface area (Å²) in [6.07, 6.45) is 3.06. The standard InChI is InChI=1S/C17H21N3O2/c1-3-22-17(21)7-5-14-4-6-16(15(12-14)13-18)20-10-8-19(2)9-11-20/h4-7,12H,3,8-11H2,1-2H3/b7-5+. The molecule has 5 nitrogen and oxygen atoms in total. The average Bonchev–Trinajstić information content (AvgIpc) is 2.54. The molecule has 0 N–H and O–H groups in total. The Labute approximate surface area is 131 Å². The van der Waals surface area contributed by atoms with Crippen molar-refractivity contribution in [1.82, 2.24) is 4.90 Å². The molecule has 0 aromatic heterocycles. The van der Waals surface area contributed by atoms with Crippen LogP contribution in [0.1, 0.15) is 18.1 Å². The molecular weight excluding hydrogens is 278 g/mol. The van der Waals surface area contributed by atoms with Gasteiger partial charge in [0.25, 0.3) is 0 Å². The highest BCUT2D eigenvalue weighted by Crippen LogP contribution is 2.23. The summed E-state index contributed by atoms with van der Waals surface area (Å²) in [4.78, 5) is 15.8. The highest BCUT2D eigenvalue weighted by Gasteiger charge is 2.17. The molecule has 116 valence electrons. The predicted molar refractivity (Wildman–Crippen MR) is 86.5 cm³/mol. The monoisotopic (exact) mass is 299 g/mol. The topological polar surface area (TPSA) is 56.6 Å². The van der Waals surface area contributed by atoms with Crippen LogP contribution in [0.2, 0.25) is 0 Å². The van der Waals surface area contributed by atoms with Gasteiger partial charge in [-0.3, -0.25) is 0 Å². The zero-order valence-corrected chi connectivity index (χ0v) is 13.1. The van der Waals surface area contributed by atoms with Gasteiger partial charge in [0, 0.05) is 32.3 Å². The zero-order chi connectivity index (χ0) is 15.9. The minimum Gasteiger partial charge on any atom is -0.463 e. The van der Waals surface area contributed by atoms with Crippen molar-refractivity contribution >= 4 is 17.7 Å². The van der Waals surface area contributed by atoms with E-state index in [9.17, 15) is 10.1 Å². The highest BCUT2D eigenvalue weighted by molar-refractivity contribution is 5.87. The van der Waals surface area contributed by atoms with Gasteiger partial charge in [-0.25, -0.2) is 4.79 Å². The van der Waals surface area contributed by atoms with Gasteiger partial charge in [0.05, 0.1) is 17.9 Å². The van der Waals surface area contributed by atoms with Gasteiger partial charge in [0.2, 0.25) is 0 Å². The molecule has 1 fully saturated rings. The van der Waals surface area contributed by atoms with Crippen LogP contribution < -0.4 is 4.90 Å². The molecule has 1 aliphatic rings. The van der Waals surface area contributed by atoms with Crippen molar-refractivity contribution in [2.24, 2.45) is 0 Å². The first-order valence-electron chi connectivity index (χ1n) is 7.46. The van der Waals surface area contributed by atoms with E-state index in [1.165, 1.54) is 6.08 Å². The molecule has 22 heavy (non-hydrogen) atoms. The summed E-state index contributed by atoms with van der Waals surface area (Å²) in [6, 6.07) is 7.93. The summed E-state index contributed by atoms with van der Waals surface area (Å²) >= 11 is 0. The molecule has 1 aliphatic heterocycles. The minimum absolute atomic E-state index is 0.356. The molecule has 0 saturated carbocycles. The Morgan fingerprint density at radius 1 is 1.36 bits per heavy atom. The molecule has 5 heteroatoms. The average molecular weight is 299 g/mol. The summed E-state index contributed by atoms with van der Waals surface area (Å²) < 4.78 is 4.85. The number of hydrogen-bond donors (Lipinski definition) is 0. The van der Waals surface area contributed by atoms with E-state index in [1.54, 1.807) is 13.0 Å². The van der Waals surface area contributed by atoms with Crippen LogP contribution in [-0.2, 0) is 9.53 Å². The van der Waals surface area contributed by atoms with Crippen LogP contribution in [0.5, 0.6) is 0 Å². The molecule has 2 rings (SSSR count). The van der Waals surface area contributed by atoms with Gasteiger partial charge in [-0.15, -0.1) is 0 Å². The molecule has 1 aromatic carbocycles. The number of rotatable bonds is 4. The maximum Gasteiger partial charge on any atom is 0.330 e. The van der Waals surface area contributed by atoms with Gasteiger partial charge in [0.15, 0.2) is 0 Å². The fraction of sp³-hybridized carbons (Fsp3) is 0.412. The van der Waals surface area contributed by atoms with E-state index in [-0.39, 0.29) is 5.97 Å². The first kappa shape index (κ1) is 16.1. The fourth-order valence-electron chi connectivity index (χ4n) is 2.42. The molecule has 0 radical (unpaired) electrons. The molecule has 0 bridgehead atoms. The Hall–Kier alpha value is -2.32. The van der Waals surface area contributed by atoms with Gasteiger partial charge in [0.1, 0.15) is 6.07 Å². The number of esters is 1. The number of ether oxygens (including phenoxy) is 1. The van der Waals surface area contributed by atoms with Crippen LogP contribution in [-0.4, -0.2) is 50.7 Å². The van der Waals surface area contributed by atoms with E-state index in [1.807, 2.05) is 18.2 Å². The number of likely N-dealkylation sites (N-methyl/N-ethyl adjacent to an activating group) is 1. The third-order valence-electron chi connectivity index (χ3n) is 3.68. The predicted octanol–water partition coefficient (Wildman–Crippen LogP) is 1.89. The van der Waals surface area contributed by atoms with Crippen molar-refractivity contribution < 1.29 is 9.53 Å². The van der Waals surface area contributed by atoms with Gasteiger partial charge in [-0.1, -0.05) is 6.07 Å². The van der Waals surface area contributed by atoms with Gasteiger partial charge < -0.3 is 14.5 Å². The summed E-state index contributed by atoms with van der Waals surface area (Å²) in [7, 11) is 2.10. The number of carbonyl (C=O) groups is 1. The van der Waals surface area contributed by atoms with Gasteiger partial charge in [-0.2, -0.15) is 5.26 Å². The van der Waals surface area contributed by atoms with Gasteiger partial charge >= 0.3 is 5.97 Å². The van der Waals surface area contributed by atoms with Crippen LogP contribution >= 0.6 is 0 Å². The molecule has 1 aromatic rings. The number of piperazine rings is 1. The van der Waals surface area contributed by atoms with Crippen LogP contribution in [0.4, 0.5) is 5.69 Å². The quantitative estimate of drug-likeness (QED) is 0.627. The lowest BCUT2D eigenvalue weighted by Crippen LogP contribution is -2.44. The largest absolute Gasteiger partial charge is 0.463 e. The molecule has 1 saturated heterocycles. The molecule has 0 aliphatic carbocycles. The number of carbonyl (C=O) groups excluding carboxylic acids is 1. The van der Waals surface area contributed by atoms with E-state index >= 15 is 0 Å². The Morgan fingerprint density at radius 3 is 2.73 bits per heavy atom. The third kappa shape index (κ3) is 4.09. The van der Waals surface area contributed by atoms with E-state index < -0.39 is 0 Å². The number of nitrogens with zero attached hydrogens (tertiary/aromatic N) is 3. The fourth-order valence-corrected chi connectivity index (χ4v) is 2.42. The summed E-state index contributed by atoms with van der Waals surface area (Å²) in [5.41, 5.74) is 2.42. The van der Waals surface area contributed by atoms with E-state index in [4.69, 9.17) is 4.74 Å². The third-order valence-corrected chi connectivity index (χ3v) is 3.68. The molecular formula is C17H21N3O2. The lowest BCUT2D eigenvalue weighted by atomic mass is 10.1. The number of hydrogen-bond acceptors (Lipinski definition) is 5. The van der Waals surface area contributed by atoms with Crippen LogP contribution in [0.15, 0.2) is 24.3 Å². The first-order chi connectivity index (χ1) is 10.6. The Bertz CT molecular complexity index is 596. The number of benzene rings is 1. The molecule has 0 amide bonds. The van der Waals surface area contributed by atoms with Crippen molar-refractivity contribution in [3.05, 3.63) is 35.4 Å². The van der Waals surface area contributed by atoms with Crippen molar-refractivity contribution in [1.29, 1.82) is 5.26 Å². The molecule has 0 atom stereocenters. The smallest absolute Gasteiger partial charge is 0.330 e. The molecule has 1 heterocycles. The lowest BCUT2D eigenvalue weighted by Gasteiger charge is -2.34. The van der Waals surface area contributed by atoms with Crippen LogP contribution in [0.3, 0.4) is 0 Å². The van der Waals surface area contributed by atoms with Crippen molar-refractivity contribution in [3.8, 4) is 6.07 Å². The summed E-state index contributed by atoms with van der Waals surface area (Å²) in [5.74, 6) is -0.371. The van der Waals surface area contributed by atoms with E-state index in [0.717, 1.165) is 37.4 Å². The van der Waals surface area contributed by atoms with E-state index in [2.05, 4.69) is 22.9 Å². The summed E-state index contributed by atoms with van der Waals surface area (Å²) in [5, 5.41) is 9.38. The van der Waals surface area contributed by atoms with Crippen LogP contribution in [0.25, 0.3) is 6.08 Å². The highest BCUT2D eigenvalue weighted by atomic mass is 16.5. The number of nitriles is 1. The SMILES string of the molecule is CCOC(=O)/C=C/c1ccc(N2CCN(C)CC2)c(C#N)c1. The van der Waals surface area contributed by atoms with Crippen molar-refractivity contribution in [3.63, 3.8) is 0 Å². The number of anilines is 1. The molecule has 0 unspecified atom stereocenters. The maximum absolute atomic E-state index is 11.3. The summed E-state index contributed by atoms with van der Waals surface area (Å²) in [6.45, 7) is 5.95. The van der Waals surface area contributed by atoms with Crippen molar-refractivity contribution in [2.75, 3.05) is 44.7 Å². The van der Waals surface area contributed by atoms with Crippen molar-refractivity contribution in [2.45, 2.75) is 6.92 Å². The normalized spacial score (nSPS) is 15.8. The lowest BCUT2D eigenvalue weighted by molar-refractivity contribution is -0.137. The zero-order valence-electron chi connectivity index (χ0n) is 13.1. The first-order valence-corrected chi connectivity index (χ1v) is 7.46. The second kappa shape index (κ2) is 7.62. The minimum atomic E-state index is -0.371. The van der Waals surface area contributed by atoms with Gasteiger partial charge in [-0.05, 0) is 37.7 Å².